The number of fused-ring (bicyclic) bond motifs is 1. The van der Waals surface area contributed by atoms with E-state index in [-0.39, 0.29) is 11.8 Å². The van der Waals surface area contributed by atoms with E-state index in [2.05, 4.69) is 21.2 Å². The number of rotatable bonds is 3. The lowest BCUT2D eigenvalue weighted by atomic mass is 9.96. The van der Waals surface area contributed by atoms with Gasteiger partial charge in [-0.15, -0.1) is 10.2 Å². The number of amides is 1. The number of nitrogens with zero attached hydrogens (tertiary/aromatic N) is 7. The minimum Gasteiger partial charge on any atom is -0.340 e. The second-order valence-electron chi connectivity index (χ2n) is 7.35. The van der Waals surface area contributed by atoms with Crippen LogP contribution in [0.15, 0.2) is 24.7 Å². The summed E-state index contributed by atoms with van der Waals surface area (Å²) in [6.07, 6.45) is 7.62. The summed E-state index contributed by atoms with van der Waals surface area (Å²) in [6, 6.07) is 4.08. The summed E-state index contributed by atoms with van der Waals surface area (Å²) in [5.74, 6) is 1.81. The van der Waals surface area contributed by atoms with Crippen LogP contribution in [0.25, 0.3) is 5.65 Å². The van der Waals surface area contributed by atoms with Gasteiger partial charge in [-0.05, 0) is 37.8 Å². The van der Waals surface area contributed by atoms with Crippen molar-refractivity contribution in [3.05, 3.63) is 41.9 Å². The molecule has 3 aromatic heterocycles. The third-order valence-electron chi connectivity index (χ3n) is 5.37. The molecule has 0 atom stereocenters. The average Bonchev–Trinajstić information content (AvgIpc) is 3.30. The predicted molar refractivity (Wildman–Crippen MR) is 93.8 cm³/mol. The zero-order chi connectivity index (χ0) is 17.7. The minimum absolute atomic E-state index is 0.00398. The van der Waals surface area contributed by atoms with E-state index in [4.69, 9.17) is 5.10 Å². The van der Waals surface area contributed by atoms with Crippen molar-refractivity contribution < 1.29 is 4.79 Å². The first-order chi connectivity index (χ1) is 12.7. The van der Waals surface area contributed by atoms with E-state index in [9.17, 15) is 4.79 Å². The normalized spacial score (nSPS) is 18.6. The number of hydrogen-bond donors (Lipinski definition) is 0. The Kier molecular flexibility index (Phi) is 3.51. The van der Waals surface area contributed by atoms with Crippen LogP contribution in [0.3, 0.4) is 0 Å². The molecule has 134 valence electrons. The first-order valence-electron chi connectivity index (χ1n) is 9.18. The van der Waals surface area contributed by atoms with Gasteiger partial charge in [-0.3, -0.25) is 4.79 Å². The Morgan fingerprint density at radius 3 is 2.58 bits per heavy atom. The maximum Gasteiger partial charge on any atom is 0.274 e. The second kappa shape index (κ2) is 5.89. The van der Waals surface area contributed by atoms with Crippen molar-refractivity contribution >= 4 is 11.6 Å². The molecular weight excluding hydrogens is 330 g/mol. The number of aromatic nitrogens is 6. The molecule has 1 saturated carbocycles. The van der Waals surface area contributed by atoms with Gasteiger partial charge >= 0.3 is 0 Å². The second-order valence-corrected chi connectivity index (χ2v) is 7.35. The van der Waals surface area contributed by atoms with Crippen LogP contribution < -0.4 is 0 Å². The summed E-state index contributed by atoms with van der Waals surface area (Å²) in [6.45, 7) is 1.41. The molecule has 0 bridgehead atoms. The van der Waals surface area contributed by atoms with Crippen molar-refractivity contribution in [1.29, 1.82) is 0 Å². The fraction of sp³-hybridized carbons (Fsp3) is 0.500. The Morgan fingerprint density at radius 2 is 1.88 bits per heavy atom. The molecule has 26 heavy (non-hydrogen) atoms. The lowest BCUT2D eigenvalue weighted by Crippen LogP contribution is -2.38. The fourth-order valence-corrected chi connectivity index (χ4v) is 3.70. The van der Waals surface area contributed by atoms with Crippen LogP contribution in [0.5, 0.6) is 0 Å². The maximum absolute atomic E-state index is 12.5. The van der Waals surface area contributed by atoms with Gasteiger partial charge < -0.3 is 9.47 Å². The van der Waals surface area contributed by atoms with Crippen LogP contribution in [0.4, 0.5) is 0 Å². The molecule has 3 aromatic rings. The van der Waals surface area contributed by atoms with Gasteiger partial charge in [0.2, 0.25) is 0 Å². The van der Waals surface area contributed by atoms with Gasteiger partial charge in [-0.2, -0.15) is 9.61 Å². The molecule has 8 nitrogen and oxygen atoms in total. The monoisotopic (exact) mass is 351 g/mol. The number of piperidine rings is 1. The van der Waals surface area contributed by atoms with Gasteiger partial charge in [0.15, 0.2) is 11.5 Å². The molecule has 4 heterocycles. The third-order valence-corrected chi connectivity index (χ3v) is 5.37. The highest BCUT2D eigenvalue weighted by Gasteiger charge is 2.30. The summed E-state index contributed by atoms with van der Waals surface area (Å²) in [7, 11) is 1.87. The van der Waals surface area contributed by atoms with Crippen molar-refractivity contribution in [2.24, 2.45) is 7.05 Å². The van der Waals surface area contributed by atoms with Crippen LogP contribution in [0.1, 0.15) is 59.5 Å². The number of aryl methyl sites for hydroxylation is 1. The number of carbonyl (C=O) groups excluding carboxylic acids is 1. The van der Waals surface area contributed by atoms with Gasteiger partial charge in [0.05, 0.1) is 12.0 Å². The Balaban J connectivity index is 1.33. The number of imidazole rings is 1. The molecular formula is C18H21N7O. The van der Waals surface area contributed by atoms with Gasteiger partial charge in [-0.1, -0.05) is 0 Å². The van der Waals surface area contributed by atoms with E-state index in [0.29, 0.717) is 24.7 Å². The standard InChI is InChI=1S/C18H21N7O/c1-23-10-15(19-11-23)18(26)24-8-6-13(7-9-24)17-21-20-16-5-4-14(12-2-3-12)22-25(16)17/h4-5,10-13H,2-3,6-9H2,1H3. The summed E-state index contributed by atoms with van der Waals surface area (Å²) in [4.78, 5) is 18.6. The summed E-state index contributed by atoms with van der Waals surface area (Å²) < 4.78 is 3.71. The average molecular weight is 351 g/mol. The first kappa shape index (κ1) is 15.5. The minimum atomic E-state index is 0.00398. The van der Waals surface area contributed by atoms with Gasteiger partial charge in [0.25, 0.3) is 5.91 Å². The molecule has 0 unspecified atom stereocenters. The summed E-state index contributed by atoms with van der Waals surface area (Å²) >= 11 is 0. The maximum atomic E-state index is 12.5. The lowest BCUT2D eigenvalue weighted by molar-refractivity contribution is 0.0705. The van der Waals surface area contributed by atoms with Crippen molar-refractivity contribution in [2.45, 2.75) is 37.5 Å². The predicted octanol–water partition coefficient (Wildman–Crippen LogP) is 1.76. The van der Waals surface area contributed by atoms with Crippen LogP contribution in [-0.4, -0.2) is 53.3 Å². The number of likely N-dealkylation sites (tertiary alicyclic amines) is 1. The fourth-order valence-electron chi connectivity index (χ4n) is 3.70. The Morgan fingerprint density at radius 1 is 1.08 bits per heavy atom. The highest BCUT2D eigenvalue weighted by atomic mass is 16.2. The van der Waals surface area contributed by atoms with E-state index >= 15 is 0 Å². The molecule has 1 aliphatic carbocycles. The zero-order valence-corrected chi connectivity index (χ0v) is 14.7. The van der Waals surface area contributed by atoms with Crippen LogP contribution in [-0.2, 0) is 7.05 Å². The van der Waals surface area contributed by atoms with Gasteiger partial charge in [0, 0.05) is 38.2 Å². The lowest BCUT2D eigenvalue weighted by Gasteiger charge is -2.30. The molecule has 0 spiro atoms. The summed E-state index contributed by atoms with van der Waals surface area (Å²) in [5, 5.41) is 13.5. The zero-order valence-electron chi connectivity index (χ0n) is 14.7. The summed E-state index contributed by atoms with van der Waals surface area (Å²) in [5.41, 5.74) is 2.45. The van der Waals surface area contributed by atoms with Crippen molar-refractivity contribution in [3.63, 3.8) is 0 Å². The first-order valence-corrected chi connectivity index (χ1v) is 9.18. The highest BCUT2D eigenvalue weighted by Crippen LogP contribution is 2.39. The molecule has 1 amide bonds. The molecule has 1 aliphatic heterocycles. The Bertz CT molecular complexity index is 963. The van der Waals surface area contributed by atoms with E-state index in [1.165, 1.54) is 12.8 Å². The Labute approximate surface area is 150 Å². The van der Waals surface area contributed by atoms with Gasteiger partial charge in [0.1, 0.15) is 5.69 Å². The topological polar surface area (TPSA) is 81.2 Å². The molecule has 8 heteroatoms. The van der Waals surface area contributed by atoms with Crippen LogP contribution in [0.2, 0.25) is 0 Å². The van der Waals surface area contributed by atoms with E-state index in [1.54, 1.807) is 17.1 Å². The molecule has 0 aromatic carbocycles. The molecule has 5 rings (SSSR count). The molecule has 1 saturated heterocycles. The van der Waals surface area contributed by atoms with Crippen LogP contribution in [0, 0.1) is 0 Å². The quantitative estimate of drug-likeness (QED) is 0.718. The number of carbonyl (C=O) groups is 1. The van der Waals surface area contributed by atoms with E-state index < -0.39 is 0 Å². The van der Waals surface area contributed by atoms with Gasteiger partial charge in [-0.25, -0.2) is 4.98 Å². The van der Waals surface area contributed by atoms with Crippen molar-refractivity contribution in [3.8, 4) is 0 Å². The molecule has 2 aliphatic rings. The largest absolute Gasteiger partial charge is 0.340 e. The Hall–Kier alpha value is -2.77. The highest BCUT2D eigenvalue weighted by molar-refractivity contribution is 5.92. The van der Waals surface area contributed by atoms with Crippen LogP contribution >= 0.6 is 0 Å². The smallest absolute Gasteiger partial charge is 0.274 e. The molecule has 0 radical (unpaired) electrons. The third kappa shape index (κ3) is 2.65. The van der Waals surface area contributed by atoms with E-state index in [0.717, 1.165) is 30.0 Å². The number of hydrogen-bond acceptors (Lipinski definition) is 5. The van der Waals surface area contributed by atoms with Crippen molar-refractivity contribution in [1.82, 2.24) is 34.3 Å². The molecule has 2 fully saturated rings. The van der Waals surface area contributed by atoms with Crippen molar-refractivity contribution in [2.75, 3.05) is 13.1 Å². The molecule has 0 N–H and O–H groups in total. The van der Waals surface area contributed by atoms with E-state index in [1.807, 2.05) is 22.5 Å². The SMILES string of the molecule is Cn1cnc(C(=O)N2CCC(c3nnc4ccc(C5CC5)nn34)CC2)c1.